The molecule has 0 aromatic carbocycles. The Morgan fingerprint density at radius 3 is 2.14 bits per heavy atom. The molecule has 0 unspecified atom stereocenters. The van der Waals surface area contributed by atoms with Crippen LogP contribution in [0.3, 0.4) is 0 Å². The van der Waals surface area contributed by atoms with Crippen molar-refractivity contribution < 1.29 is 19.4 Å². The molecule has 21 heavy (non-hydrogen) atoms. The van der Waals surface area contributed by atoms with Crippen LogP contribution in [0.5, 0.6) is 0 Å². The van der Waals surface area contributed by atoms with Crippen LogP contribution in [0.2, 0.25) is 0 Å². The quantitative estimate of drug-likeness (QED) is 0.817. The Morgan fingerprint density at radius 1 is 1.14 bits per heavy atom. The molecule has 5 heteroatoms. The number of hydrogen-bond acceptors (Lipinski definition) is 3. The molecular formula is C16H29NO4. The van der Waals surface area contributed by atoms with Crippen molar-refractivity contribution in [3.05, 3.63) is 0 Å². The summed E-state index contributed by atoms with van der Waals surface area (Å²) in [5, 5.41) is 12.5. The van der Waals surface area contributed by atoms with Crippen molar-refractivity contribution in [2.45, 2.75) is 78.4 Å². The van der Waals surface area contributed by atoms with E-state index in [1.54, 1.807) is 20.8 Å². The SMILES string of the molecule is CC(C)(C)OC(=O)N[C@@]1(C(=O)O)CCCC[C@@H]1C(C)(C)C. The van der Waals surface area contributed by atoms with Gasteiger partial charge in [0.1, 0.15) is 11.1 Å². The maximum atomic E-state index is 12.1. The molecule has 1 aliphatic carbocycles. The normalized spacial score (nSPS) is 27.0. The van der Waals surface area contributed by atoms with Crippen LogP contribution in [-0.4, -0.2) is 28.3 Å². The van der Waals surface area contributed by atoms with Crippen molar-refractivity contribution in [2.24, 2.45) is 11.3 Å². The van der Waals surface area contributed by atoms with Crippen LogP contribution in [-0.2, 0) is 9.53 Å². The summed E-state index contributed by atoms with van der Waals surface area (Å²) in [5.74, 6) is -1.09. The van der Waals surface area contributed by atoms with Crippen molar-refractivity contribution in [3.8, 4) is 0 Å². The number of alkyl carbamates (subject to hydrolysis) is 1. The summed E-state index contributed by atoms with van der Waals surface area (Å²) in [4.78, 5) is 24.1. The smallest absolute Gasteiger partial charge is 0.408 e. The summed E-state index contributed by atoms with van der Waals surface area (Å²) in [6.45, 7) is 11.4. The minimum absolute atomic E-state index is 0.122. The Kier molecular flexibility index (Phi) is 4.96. The second-order valence-corrected chi connectivity index (χ2v) is 8.07. The summed E-state index contributed by atoms with van der Waals surface area (Å²) < 4.78 is 5.26. The monoisotopic (exact) mass is 299 g/mol. The number of nitrogens with one attached hydrogen (secondary N) is 1. The van der Waals surface area contributed by atoms with E-state index in [0.29, 0.717) is 6.42 Å². The van der Waals surface area contributed by atoms with Gasteiger partial charge in [-0.2, -0.15) is 0 Å². The van der Waals surface area contributed by atoms with Crippen LogP contribution in [0.25, 0.3) is 0 Å². The van der Waals surface area contributed by atoms with Gasteiger partial charge in [0.05, 0.1) is 0 Å². The molecule has 1 saturated carbocycles. The van der Waals surface area contributed by atoms with Gasteiger partial charge in [0.25, 0.3) is 0 Å². The highest BCUT2D eigenvalue weighted by atomic mass is 16.6. The van der Waals surface area contributed by atoms with Crippen LogP contribution in [0.1, 0.15) is 67.2 Å². The van der Waals surface area contributed by atoms with Crippen LogP contribution < -0.4 is 5.32 Å². The van der Waals surface area contributed by atoms with Crippen molar-refractivity contribution >= 4 is 12.1 Å². The minimum atomic E-state index is -1.24. The largest absolute Gasteiger partial charge is 0.479 e. The highest BCUT2D eigenvalue weighted by Gasteiger charge is 2.53. The summed E-state index contributed by atoms with van der Waals surface area (Å²) in [6.07, 6.45) is 2.39. The number of carboxylic acid groups (broad SMARTS) is 1. The Balaban J connectivity index is 3.06. The molecular weight excluding hydrogens is 270 g/mol. The standard InChI is InChI=1S/C16H29NO4/c1-14(2,3)11-9-7-8-10-16(11,12(18)19)17-13(20)21-15(4,5)6/h11H,7-10H2,1-6H3,(H,17,20)(H,18,19)/t11-,16+/m1/s1. The lowest BCUT2D eigenvalue weighted by Gasteiger charge is -2.47. The molecule has 0 radical (unpaired) electrons. The van der Waals surface area contributed by atoms with Gasteiger partial charge in [0.15, 0.2) is 0 Å². The molecule has 0 aromatic heterocycles. The van der Waals surface area contributed by atoms with Crippen molar-refractivity contribution in [3.63, 3.8) is 0 Å². The number of aliphatic carboxylic acids is 1. The number of carboxylic acids is 1. The van der Waals surface area contributed by atoms with Gasteiger partial charge in [-0.05, 0) is 44.9 Å². The fraction of sp³-hybridized carbons (Fsp3) is 0.875. The van der Waals surface area contributed by atoms with Crippen LogP contribution >= 0.6 is 0 Å². The Morgan fingerprint density at radius 2 is 1.71 bits per heavy atom. The first-order valence-corrected chi connectivity index (χ1v) is 7.63. The molecule has 2 N–H and O–H groups in total. The molecule has 0 aromatic rings. The first-order chi connectivity index (χ1) is 9.38. The Bertz CT molecular complexity index is 405. The fourth-order valence-electron chi connectivity index (χ4n) is 3.29. The number of hydrogen-bond donors (Lipinski definition) is 2. The second-order valence-electron chi connectivity index (χ2n) is 8.07. The van der Waals surface area contributed by atoms with Crippen LogP contribution in [0.15, 0.2) is 0 Å². The van der Waals surface area contributed by atoms with Gasteiger partial charge < -0.3 is 15.2 Å². The number of amides is 1. The van der Waals surface area contributed by atoms with E-state index in [4.69, 9.17) is 4.74 Å². The van der Waals surface area contributed by atoms with Crippen molar-refractivity contribution in [1.29, 1.82) is 0 Å². The maximum absolute atomic E-state index is 12.1. The highest BCUT2D eigenvalue weighted by molar-refractivity contribution is 5.85. The molecule has 5 nitrogen and oxygen atoms in total. The third kappa shape index (κ3) is 4.35. The first kappa shape index (κ1) is 17.8. The van der Waals surface area contributed by atoms with E-state index in [1.165, 1.54) is 0 Å². The molecule has 0 heterocycles. The van der Waals surface area contributed by atoms with Gasteiger partial charge in [0.2, 0.25) is 0 Å². The number of carbonyl (C=O) groups is 2. The predicted octanol–water partition coefficient (Wildman–Crippen LogP) is 3.57. The molecule has 0 spiro atoms. The van der Waals surface area contributed by atoms with E-state index in [0.717, 1.165) is 19.3 Å². The van der Waals surface area contributed by atoms with Crippen LogP contribution in [0.4, 0.5) is 4.79 Å². The zero-order valence-electron chi connectivity index (χ0n) is 14.1. The lowest BCUT2D eigenvalue weighted by atomic mass is 9.62. The minimum Gasteiger partial charge on any atom is -0.479 e. The van der Waals surface area contributed by atoms with Crippen molar-refractivity contribution in [2.75, 3.05) is 0 Å². The Labute approximate surface area is 127 Å². The predicted molar refractivity (Wildman–Crippen MR) is 81.1 cm³/mol. The molecule has 0 bridgehead atoms. The molecule has 0 aliphatic heterocycles. The molecule has 2 atom stereocenters. The van der Waals surface area contributed by atoms with Gasteiger partial charge in [-0.1, -0.05) is 33.6 Å². The lowest BCUT2D eigenvalue weighted by molar-refractivity contribution is -0.152. The lowest BCUT2D eigenvalue weighted by Crippen LogP contribution is -2.63. The van der Waals surface area contributed by atoms with Gasteiger partial charge in [-0.3, -0.25) is 0 Å². The van der Waals surface area contributed by atoms with E-state index >= 15 is 0 Å². The molecule has 1 amide bonds. The van der Waals surface area contributed by atoms with E-state index in [2.05, 4.69) is 5.32 Å². The summed E-state index contributed by atoms with van der Waals surface area (Å²) >= 11 is 0. The van der Waals surface area contributed by atoms with E-state index in [1.807, 2.05) is 20.8 Å². The van der Waals surface area contributed by atoms with Crippen molar-refractivity contribution in [1.82, 2.24) is 5.32 Å². The van der Waals surface area contributed by atoms with Gasteiger partial charge in [-0.25, -0.2) is 9.59 Å². The molecule has 122 valence electrons. The van der Waals surface area contributed by atoms with E-state index < -0.39 is 23.2 Å². The summed E-state index contributed by atoms with van der Waals surface area (Å²) in [7, 11) is 0. The molecule has 1 aliphatic rings. The summed E-state index contributed by atoms with van der Waals surface area (Å²) in [6, 6.07) is 0. The number of ether oxygens (including phenoxy) is 1. The third-order valence-corrected chi connectivity index (χ3v) is 4.06. The first-order valence-electron chi connectivity index (χ1n) is 7.63. The maximum Gasteiger partial charge on any atom is 0.408 e. The number of carbonyl (C=O) groups excluding carboxylic acids is 1. The average molecular weight is 299 g/mol. The highest BCUT2D eigenvalue weighted by Crippen LogP contribution is 2.44. The third-order valence-electron chi connectivity index (χ3n) is 4.06. The second kappa shape index (κ2) is 5.85. The molecule has 1 rings (SSSR count). The van der Waals surface area contributed by atoms with E-state index in [9.17, 15) is 14.7 Å². The van der Waals surface area contributed by atoms with Gasteiger partial charge in [-0.15, -0.1) is 0 Å². The number of rotatable bonds is 2. The summed E-state index contributed by atoms with van der Waals surface area (Å²) in [5.41, 5.74) is -2.08. The zero-order chi connectivity index (χ0) is 16.5. The Hall–Kier alpha value is -1.26. The van der Waals surface area contributed by atoms with Gasteiger partial charge in [0, 0.05) is 0 Å². The van der Waals surface area contributed by atoms with Gasteiger partial charge >= 0.3 is 12.1 Å². The topological polar surface area (TPSA) is 75.6 Å². The van der Waals surface area contributed by atoms with E-state index in [-0.39, 0.29) is 11.3 Å². The van der Waals surface area contributed by atoms with Crippen LogP contribution in [0, 0.1) is 11.3 Å². The molecule has 1 fully saturated rings. The zero-order valence-corrected chi connectivity index (χ0v) is 14.1. The average Bonchev–Trinajstić information content (AvgIpc) is 2.24. The fourth-order valence-corrected chi connectivity index (χ4v) is 3.29. The molecule has 0 saturated heterocycles.